The average Bonchev–Trinajstić information content (AvgIpc) is 2.11. The van der Waals surface area contributed by atoms with E-state index >= 15 is 0 Å². The Kier molecular flexibility index (Phi) is 6.54. The van der Waals surface area contributed by atoms with Crippen LogP contribution in [-0.4, -0.2) is 32.1 Å². The molecule has 78 valence electrons. The lowest BCUT2D eigenvalue weighted by molar-refractivity contribution is -0.121. The van der Waals surface area contributed by atoms with Crippen LogP contribution in [0.25, 0.3) is 0 Å². The molecule has 0 aromatic carbocycles. The van der Waals surface area contributed by atoms with Crippen LogP contribution in [0.3, 0.4) is 0 Å². The third-order valence-corrected chi connectivity index (χ3v) is 1.81. The van der Waals surface area contributed by atoms with Gasteiger partial charge in [-0.05, 0) is 12.5 Å². The Morgan fingerprint density at radius 2 is 2.08 bits per heavy atom. The van der Waals surface area contributed by atoms with Crippen LogP contribution in [0.1, 0.15) is 20.3 Å². The molecule has 0 aliphatic heterocycles. The van der Waals surface area contributed by atoms with Gasteiger partial charge >= 0.3 is 0 Å². The van der Waals surface area contributed by atoms with E-state index in [0.29, 0.717) is 18.9 Å². The van der Waals surface area contributed by atoms with E-state index in [-0.39, 0.29) is 11.9 Å². The molecule has 4 heteroatoms. The summed E-state index contributed by atoms with van der Waals surface area (Å²) in [5, 5.41) is 5.83. The zero-order valence-corrected chi connectivity index (χ0v) is 8.76. The van der Waals surface area contributed by atoms with Gasteiger partial charge in [0, 0.05) is 26.1 Å². The van der Waals surface area contributed by atoms with Gasteiger partial charge in [-0.25, -0.2) is 0 Å². The number of amides is 1. The van der Waals surface area contributed by atoms with E-state index in [9.17, 15) is 4.79 Å². The fourth-order valence-corrected chi connectivity index (χ4v) is 0.967. The summed E-state index contributed by atoms with van der Waals surface area (Å²) in [7, 11) is 1.64. The highest BCUT2D eigenvalue weighted by Gasteiger charge is 2.10. The number of rotatable bonds is 6. The van der Waals surface area contributed by atoms with Gasteiger partial charge in [0.05, 0.1) is 0 Å². The molecule has 0 aromatic heterocycles. The van der Waals surface area contributed by atoms with E-state index in [4.69, 9.17) is 5.73 Å². The number of carbonyl (C=O) groups is 1. The van der Waals surface area contributed by atoms with Crippen molar-refractivity contribution in [2.45, 2.75) is 26.3 Å². The summed E-state index contributed by atoms with van der Waals surface area (Å²) in [5.41, 5.74) is 5.52. The van der Waals surface area contributed by atoms with Gasteiger partial charge in [0.2, 0.25) is 5.91 Å². The van der Waals surface area contributed by atoms with E-state index in [1.54, 1.807) is 7.05 Å². The average molecular weight is 187 g/mol. The summed E-state index contributed by atoms with van der Waals surface area (Å²) in [6, 6.07) is 0.0994. The number of carbonyl (C=O) groups excluding carboxylic acids is 1. The van der Waals surface area contributed by atoms with Gasteiger partial charge in [-0.1, -0.05) is 13.8 Å². The molecule has 0 aliphatic carbocycles. The third-order valence-electron chi connectivity index (χ3n) is 1.81. The van der Waals surface area contributed by atoms with Crippen LogP contribution in [0.5, 0.6) is 0 Å². The summed E-state index contributed by atoms with van der Waals surface area (Å²) in [4.78, 5) is 11.0. The van der Waals surface area contributed by atoms with Crippen molar-refractivity contribution in [3.05, 3.63) is 0 Å². The van der Waals surface area contributed by atoms with Gasteiger partial charge < -0.3 is 16.4 Å². The van der Waals surface area contributed by atoms with Crippen LogP contribution in [-0.2, 0) is 4.79 Å². The second-order valence-corrected chi connectivity index (χ2v) is 3.61. The van der Waals surface area contributed by atoms with Gasteiger partial charge in [0.25, 0.3) is 0 Å². The molecular weight excluding hydrogens is 166 g/mol. The van der Waals surface area contributed by atoms with Crippen LogP contribution in [0.15, 0.2) is 0 Å². The zero-order chi connectivity index (χ0) is 10.3. The van der Waals surface area contributed by atoms with Crippen molar-refractivity contribution in [3.63, 3.8) is 0 Å². The van der Waals surface area contributed by atoms with E-state index in [0.717, 1.165) is 6.54 Å². The number of hydrogen-bond acceptors (Lipinski definition) is 3. The Morgan fingerprint density at radius 1 is 1.46 bits per heavy atom. The molecule has 0 fully saturated rings. The minimum Gasteiger partial charge on any atom is -0.359 e. The Morgan fingerprint density at radius 3 is 2.46 bits per heavy atom. The maximum absolute atomic E-state index is 11.0. The lowest BCUT2D eigenvalue weighted by atomic mass is 10.1. The molecule has 0 aromatic rings. The van der Waals surface area contributed by atoms with Gasteiger partial charge in [0.15, 0.2) is 0 Å². The molecule has 4 nitrogen and oxygen atoms in total. The van der Waals surface area contributed by atoms with Crippen LogP contribution in [0.2, 0.25) is 0 Å². The van der Waals surface area contributed by atoms with E-state index in [1.807, 2.05) is 0 Å². The molecule has 0 heterocycles. The Balaban J connectivity index is 3.69. The van der Waals surface area contributed by atoms with Crippen LogP contribution in [0.4, 0.5) is 0 Å². The first-order valence-electron chi connectivity index (χ1n) is 4.74. The Bertz CT molecular complexity index is 148. The standard InChI is InChI=1S/C9H21N3O/c1-7(2)6-12-8(5-10)4-9(13)11-3/h7-8,12H,4-6,10H2,1-3H3,(H,11,13). The summed E-state index contributed by atoms with van der Waals surface area (Å²) >= 11 is 0. The maximum atomic E-state index is 11.0. The van der Waals surface area contributed by atoms with Gasteiger partial charge in [0.1, 0.15) is 0 Å². The third kappa shape index (κ3) is 6.54. The minimum absolute atomic E-state index is 0.0340. The molecule has 0 bridgehead atoms. The molecule has 13 heavy (non-hydrogen) atoms. The maximum Gasteiger partial charge on any atom is 0.221 e. The summed E-state index contributed by atoms with van der Waals surface area (Å²) in [6.45, 7) is 5.65. The molecule has 1 unspecified atom stereocenters. The predicted octanol–water partition coefficient (Wildman–Crippen LogP) is -0.305. The molecule has 0 saturated heterocycles. The van der Waals surface area contributed by atoms with Crippen molar-refractivity contribution in [3.8, 4) is 0 Å². The van der Waals surface area contributed by atoms with Crippen LogP contribution in [0, 0.1) is 5.92 Å². The van der Waals surface area contributed by atoms with Crippen molar-refractivity contribution in [1.82, 2.24) is 10.6 Å². The molecule has 1 atom stereocenters. The molecule has 1 amide bonds. The topological polar surface area (TPSA) is 67.2 Å². The largest absolute Gasteiger partial charge is 0.359 e. The van der Waals surface area contributed by atoms with E-state index < -0.39 is 0 Å². The minimum atomic E-state index is 0.0340. The molecule has 0 rings (SSSR count). The zero-order valence-electron chi connectivity index (χ0n) is 8.76. The second-order valence-electron chi connectivity index (χ2n) is 3.61. The van der Waals surface area contributed by atoms with Gasteiger partial charge in [-0.2, -0.15) is 0 Å². The molecule has 0 aliphatic rings. The highest BCUT2D eigenvalue weighted by atomic mass is 16.1. The first kappa shape index (κ1) is 12.4. The highest BCUT2D eigenvalue weighted by molar-refractivity contribution is 5.76. The summed E-state index contributed by atoms with van der Waals surface area (Å²) in [5.74, 6) is 0.616. The van der Waals surface area contributed by atoms with Crippen molar-refractivity contribution in [1.29, 1.82) is 0 Å². The van der Waals surface area contributed by atoms with Crippen molar-refractivity contribution < 1.29 is 4.79 Å². The normalized spacial score (nSPS) is 13.0. The number of hydrogen-bond donors (Lipinski definition) is 3. The fourth-order valence-electron chi connectivity index (χ4n) is 0.967. The summed E-state index contributed by atoms with van der Waals surface area (Å²) < 4.78 is 0. The molecular formula is C9H21N3O. The lowest BCUT2D eigenvalue weighted by Gasteiger charge is -2.17. The monoisotopic (exact) mass is 187 g/mol. The Labute approximate surface area is 80.3 Å². The fraction of sp³-hybridized carbons (Fsp3) is 0.889. The number of nitrogens with two attached hydrogens (primary N) is 1. The van der Waals surface area contributed by atoms with Gasteiger partial charge in [-0.3, -0.25) is 4.79 Å². The molecule has 0 spiro atoms. The van der Waals surface area contributed by atoms with Crippen molar-refractivity contribution in [2.24, 2.45) is 11.7 Å². The SMILES string of the molecule is CNC(=O)CC(CN)NCC(C)C. The highest BCUT2D eigenvalue weighted by Crippen LogP contribution is 1.93. The van der Waals surface area contributed by atoms with Crippen LogP contribution < -0.4 is 16.4 Å². The smallest absolute Gasteiger partial charge is 0.221 e. The molecule has 0 saturated carbocycles. The quantitative estimate of drug-likeness (QED) is 0.534. The van der Waals surface area contributed by atoms with Crippen molar-refractivity contribution in [2.75, 3.05) is 20.1 Å². The second kappa shape index (κ2) is 6.86. The van der Waals surface area contributed by atoms with E-state index in [2.05, 4.69) is 24.5 Å². The lowest BCUT2D eigenvalue weighted by Crippen LogP contribution is -2.41. The van der Waals surface area contributed by atoms with Gasteiger partial charge in [-0.15, -0.1) is 0 Å². The molecule has 0 radical (unpaired) electrons. The first-order valence-corrected chi connectivity index (χ1v) is 4.74. The van der Waals surface area contributed by atoms with Crippen molar-refractivity contribution >= 4 is 5.91 Å². The molecule has 4 N–H and O–H groups in total. The summed E-state index contributed by atoms with van der Waals surface area (Å²) in [6.07, 6.45) is 0.458. The Hall–Kier alpha value is -0.610. The number of nitrogens with one attached hydrogen (secondary N) is 2. The predicted molar refractivity (Wildman–Crippen MR) is 54.4 cm³/mol. The van der Waals surface area contributed by atoms with E-state index in [1.165, 1.54) is 0 Å². The van der Waals surface area contributed by atoms with Crippen LogP contribution >= 0.6 is 0 Å². The first-order chi connectivity index (χ1) is 6.10.